The molecule has 5 aliphatic carbocycles. The first-order chi connectivity index (χ1) is 18.3. The predicted octanol–water partition coefficient (Wildman–Crippen LogP) is 5.81. The van der Waals surface area contributed by atoms with Crippen LogP contribution >= 0.6 is 0 Å². The summed E-state index contributed by atoms with van der Waals surface area (Å²) in [6, 6.07) is 0. The molecular formula is C32H43NO6. The Bertz CT molecular complexity index is 1260. The zero-order chi connectivity index (χ0) is 28.2. The minimum atomic E-state index is -0.942. The number of ketones is 1. The van der Waals surface area contributed by atoms with Crippen LogP contribution in [0, 0.1) is 51.2 Å². The second kappa shape index (κ2) is 8.29. The molecule has 0 N–H and O–H groups in total. The van der Waals surface area contributed by atoms with E-state index in [1.54, 1.807) is 6.20 Å². The first-order valence-electron chi connectivity index (χ1n) is 14.7. The molecule has 1 aromatic rings. The van der Waals surface area contributed by atoms with Gasteiger partial charge in [0.2, 0.25) is 0 Å². The van der Waals surface area contributed by atoms with E-state index >= 15 is 0 Å². The number of ether oxygens (including phenoxy) is 2. The Morgan fingerprint density at radius 2 is 1.82 bits per heavy atom. The van der Waals surface area contributed by atoms with Crippen molar-refractivity contribution in [1.29, 1.82) is 0 Å². The largest absolute Gasteiger partial charge is 0.469 e. The van der Waals surface area contributed by atoms with E-state index in [0.717, 1.165) is 44.1 Å². The Morgan fingerprint density at radius 1 is 1.08 bits per heavy atom. The molecule has 6 rings (SSSR count). The zero-order valence-corrected chi connectivity index (χ0v) is 24.5. The average molecular weight is 538 g/mol. The van der Waals surface area contributed by atoms with E-state index in [4.69, 9.17) is 14.0 Å². The van der Waals surface area contributed by atoms with Gasteiger partial charge in [0.05, 0.1) is 19.2 Å². The van der Waals surface area contributed by atoms with E-state index < -0.39 is 5.60 Å². The van der Waals surface area contributed by atoms with E-state index in [-0.39, 0.29) is 63.0 Å². The SMILES string of the molecule is COC(=O)[C@@H]1CC(C)(C)C[C@@H]2C1CC[C@]1(C)[C@@H]2C(=O)C=C2[C@@]3(C)Cc4cnoc4[C@@](C)(OC=O)C3CC[C@]21C. The molecule has 0 aliphatic heterocycles. The zero-order valence-electron chi connectivity index (χ0n) is 24.5. The number of nitrogens with zero attached hydrogens (tertiary/aromatic N) is 1. The van der Waals surface area contributed by atoms with Crippen molar-refractivity contribution in [2.75, 3.05) is 7.11 Å². The van der Waals surface area contributed by atoms with Crippen molar-refractivity contribution in [3.63, 3.8) is 0 Å². The molecule has 0 radical (unpaired) electrons. The number of allylic oxidation sites excluding steroid dienone is 2. The number of methoxy groups -OCH3 is 1. The fraction of sp³-hybridized carbons (Fsp3) is 0.750. The summed E-state index contributed by atoms with van der Waals surface area (Å²) in [6.07, 6.45) is 9.80. The van der Waals surface area contributed by atoms with Crippen LogP contribution in [0.3, 0.4) is 0 Å². The van der Waals surface area contributed by atoms with Crippen LogP contribution in [0.1, 0.15) is 91.4 Å². The van der Waals surface area contributed by atoms with Gasteiger partial charge in [0.15, 0.2) is 17.1 Å². The van der Waals surface area contributed by atoms with E-state index in [9.17, 15) is 14.4 Å². The first kappa shape index (κ1) is 26.8. The molecule has 1 aromatic heterocycles. The number of esters is 1. The lowest BCUT2D eigenvalue weighted by atomic mass is 9.35. The highest BCUT2D eigenvalue weighted by molar-refractivity contribution is 5.95. The minimum Gasteiger partial charge on any atom is -0.469 e. The highest BCUT2D eigenvalue weighted by atomic mass is 16.6. The van der Waals surface area contributed by atoms with Crippen molar-refractivity contribution < 1.29 is 28.4 Å². The van der Waals surface area contributed by atoms with Gasteiger partial charge in [0.25, 0.3) is 6.47 Å². The molecule has 9 atom stereocenters. The van der Waals surface area contributed by atoms with Crippen LogP contribution in [0.5, 0.6) is 0 Å². The molecule has 3 saturated carbocycles. The Balaban J connectivity index is 1.47. The number of carbonyl (C=O) groups excluding carboxylic acids is 3. The van der Waals surface area contributed by atoms with Crippen molar-refractivity contribution in [2.45, 2.75) is 92.1 Å². The lowest BCUT2D eigenvalue weighted by Crippen LogP contribution is -2.64. The normalized spacial score (nSPS) is 45.9. The van der Waals surface area contributed by atoms with E-state index in [0.29, 0.717) is 18.7 Å². The molecule has 7 nitrogen and oxygen atoms in total. The molecule has 0 aromatic carbocycles. The van der Waals surface area contributed by atoms with Gasteiger partial charge in [-0.25, -0.2) is 0 Å². The molecule has 5 aliphatic rings. The molecule has 7 heteroatoms. The maximum atomic E-state index is 14.4. The van der Waals surface area contributed by atoms with E-state index in [1.807, 2.05) is 13.0 Å². The summed E-state index contributed by atoms with van der Waals surface area (Å²) < 4.78 is 16.8. The molecule has 39 heavy (non-hydrogen) atoms. The van der Waals surface area contributed by atoms with Gasteiger partial charge in [-0.1, -0.05) is 45.3 Å². The van der Waals surface area contributed by atoms with E-state index in [2.05, 4.69) is 39.8 Å². The van der Waals surface area contributed by atoms with Crippen molar-refractivity contribution in [3.8, 4) is 0 Å². The Hall–Kier alpha value is -2.44. The number of hydrogen-bond acceptors (Lipinski definition) is 7. The van der Waals surface area contributed by atoms with Crippen molar-refractivity contribution in [1.82, 2.24) is 5.16 Å². The van der Waals surface area contributed by atoms with Crippen molar-refractivity contribution in [2.24, 2.45) is 51.2 Å². The topological polar surface area (TPSA) is 95.7 Å². The highest BCUT2D eigenvalue weighted by Crippen LogP contribution is 2.73. The van der Waals surface area contributed by atoms with Crippen LogP contribution in [-0.2, 0) is 35.9 Å². The van der Waals surface area contributed by atoms with Gasteiger partial charge in [-0.05, 0) is 86.0 Å². The third-order valence-electron chi connectivity index (χ3n) is 12.6. The maximum absolute atomic E-state index is 14.4. The number of aromatic nitrogens is 1. The predicted molar refractivity (Wildman–Crippen MR) is 143 cm³/mol. The summed E-state index contributed by atoms with van der Waals surface area (Å²) >= 11 is 0. The van der Waals surface area contributed by atoms with Crippen molar-refractivity contribution >= 4 is 18.2 Å². The van der Waals surface area contributed by atoms with Crippen LogP contribution in [0.25, 0.3) is 0 Å². The van der Waals surface area contributed by atoms with Gasteiger partial charge in [0, 0.05) is 22.8 Å². The first-order valence-corrected chi connectivity index (χ1v) is 14.7. The van der Waals surface area contributed by atoms with Crippen LogP contribution < -0.4 is 0 Å². The van der Waals surface area contributed by atoms with Crippen LogP contribution in [0.15, 0.2) is 22.4 Å². The molecule has 0 bridgehead atoms. The van der Waals surface area contributed by atoms with Crippen molar-refractivity contribution in [3.05, 3.63) is 29.2 Å². The van der Waals surface area contributed by atoms with Crippen LogP contribution in [0.4, 0.5) is 0 Å². The van der Waals surface area contributed by atoms with E-state index in [1.165, 1.54) is 12.7 Å². The molecule has 212 valence electrons. The van der Waals surface area contributed by atoms with Crippen LogP contribution in [0.2, 0.25) is 0 Å². The second-order valence-corrected chi connectivity index (χ2v) is 14.9. The quantitative estimate of drug-likeness (QED) is 0.355. The van der Waals surface area contributed by atoms with Crippen LogP contribution in [-0.4, -0.2) is 30.5 Å². The molecule has 0 saturated heterocycles. The van der Waals surface area contributed by atoms with Gasteiger partial charge in [0.1, 0.15) is 0 Å². The third-order valence-corrected chi connectivity index (χ3v) is 12.6. The number of carbonyl (C=O) groups is 3. The second-order valence-electron chi connectivity index (χ2n) is 14.9. The average Bonchev–Trinajstić information content (AvgIpc) is 3.33. The van der Waals surface area contributed by atoms with Gasteiger partial charge < -0.3 is 14.0 Å². The Labute approximate surface area is 231 Å². The standard InChI is InChI=1S/C32H43NO6/c1-28(2)14-20-19(21(15-28)27(36)37-7)8-10-31(5)25(20)22(35)12-24-29(3)13-18-16-33-39-26(18)32(6,38-17-34)23(29)9-11-30(24,31)4/h12,16-17,19-21,23,25H,8-11,13-15H2,1-7H3/t19?,20-,21-,23?,25+,29+,30-,31-,32+/m1/s1. The lowest BCUT2D eigenvalue weighted by molar-refractivity contribution is -0.184. The summed E-state index contributed by atoms with van der Waals surface area (Å²) in [5.41, 5.74) is 0.360. The summed E-state index contributed by atoms with van der Waals surface area (Å²) in [7, 11) is 1.49. The highest BCUT2D eigenvalue weighted by Gasteiger charge is 2.70. The molecule has 3 fully saturated rings. The van der Waals surface area contributed by atoms with Gasteiger partial charge in [-0.3, -0.25) is 14.4 Å². The molecule has 0 amide bonds. The fourth-order valence-electron chi connectivity index (χ4n) is 10.9. The summed E-state index contributed by atoms with van der Waals surface area (Å²) in [4.78, 5) is 39.1. The molecule has 0 spiro atoms. The maximum Gasteiger partial charge on any atom is 0.308 e. The summed E-state index contributed by atoms with van der Waals surface area (Å²) in [5.74, 6) is 0.741. The minimum absolute atomic E-state index is 0.0309. The summed E-state index contributed by atoms with van der Waals surface area (Å²) in [6.45, 7) is 13.9. The monoisotopic (exact) mass is 537 g/mol. The molecule has 1 heterocycles. The smallest absolute Gasteiger partial charge is 0.308 e. The Kier molecular flexibility index (Phi) is 5.69. The molecular weight excluding hydrogens is 494 g/mol. The lowest BCUT2D eigenvalue weighted by Gasteiger charge is -2.68. The van der Waals surface area contributed by atoms with Gasteiger partial charge >= 0.3 is 5.97 Å². The van der Waals surface area contributed by atoms with Gasteiger partial charge in [-0.15, -0.1) is 0 Å². The molecule has 2 unspecified atom stereocenters. The summed E-state index contributed by atoms with van der Waals surface area (Å²) in [5, 5.41) is 4.08. The fourth-order valence-corrected chi connectivity index (χ4v) is 10.9. The third kappa shape index (κ3) is 3.34. The number of rotatable bonds is 3. The van der Waals surface area contributed by atoms with Gasteiger partial charge in [-0.2, -0.15) is 0 Å². The Morgan fingerprint density at radius 3 is 2.51 bits per heavy atom. The number of hydrogen-bond donors (Lipinski definition) is 0. The number of fused-ring (bicyclic) bond motifs is 8.